The van der Waals surface area contributed by atoms with Crippen LogP contribution in [0.2, 0.25) is 0 Å². The number of rotatable bonds is 5. The van der Waals surface area contributed by atoms with E-state index in [1.54, 1.807) is 25.7 Å². The Kier molecular flexibility index (Phi) is 12.9. The molecule has 0 amide bonds. The van der Waals surface area contributed by atoms with Crippen molar-refractivity contribution in [2.45, 2.75) is 149 Å². The fourth-order valence-corrected chi connectivity index (χ4v) is 6.30. The van der Waals surface area contributed by atoms with Gasteiger partial charge in [-0.25, -0.2) is 0 Å². The molecule has 0 aromatic heterocycles. The van der Waals surface area contributed by atoms with Crippen molar-refractivity contribution in [3.05, 3.63) is 0 Å². The minimum absolute atomic E-state index is 1.01. The lowest BCUT2D eigenvalue weighted by atomic mass is 9.70. The second kappa shape index (κ2) is 14.9. The number of hydrogen-bond donors (Lipinski definition) is 0. The van der Waals surface area contributed by atoms with Gasteiger partial charge in [-0.05, 0) is 30.1 Å². The zero-order valence-corrected chi connectivity index (χ0v) is 19.2. The Balaban J connectivity index is 1.87. The van der Waals surface area contributed by atoms with Crippen LogP contribution >= 0.6 is 0 Å². The molecule has 0 heterocycles. The summed E-state index contributed by atoms with van der Waals surface area (Å²) in [5.74, 6) is 4.17. The van der Waals surface area contributed by atoms with Gasteiger partial charge in [0, 0.05) is 0 Å². The SMILES string of the molecule is CCCCCC1CCCCCCCCCCC(C2CCCCC2C)CCC1. The topological polar surface area (TPSA) is 0 Å². The van der Waals surface area contributed by atoms with Crippen LogP contribution in [0.4, 0.5) is 0 Å². The summed E-state index contributed by atoms with van der Waals surface area (Å²) in [4.78, 5) is 0. The molecule has 4 atom stereocenters. The molecular formula is C27H52. The second-order valence-electron chi connectivity index (χ2n) is 10.4. The zero-order chi connectivity index (χ0) is 19.2. The first-order chi connectivity index (χ1) is 13.3. The van der Waals surface area contributed by atoms with Crippen molar-refractivity contribution in [3.8, 4) is 0 Å². The maximum atomic E-state index is 2.58. The van der Waals surface area contributed by atoms with E-state index in [1.807, 2.05) is 0 Å². The maximum Gasteiger partial charge on any atom is -0.0360 e. The summed E-state index contributed by atoms with van der Waals surface area (Å²) in [5.41, 5.74) is 0. The van der Waals surface area contributed by atoms with Gasteiger partial charge in [0.05, 0.1) is 0 Å². The van der Waals surface area contributed by atoms with E-state index in [4.69, 9.17) is 0 Å². The van der Waals surface area contributed by atoms with Crippen LogP contribution in [-0.2, 0) is 0 Å². The van der Waals surface area contributed by atoms with Crippen LogP contribution in [0, 0.1) is 23.7 Å². The van der Waals surface area contributed by atoms with Gasteiger partial charge in [-0.1, -0.05) is 142 Å². The summed E-state index contributed by atoms with van der Waals surface area (Å²) in [6.45, 7) is 4.93. The molecule has 0 radical (unpaired) electrons. The molecule has 0 aliphatic heterocycles. The summed E-state index contributed by atoms with van der Waals surface area (Å²) in [7, 11) is 0. The Morgan fingerprint density at radius 1 is 0.556 bits per heavy atom. The molecule has 0 spiro atoms. The van der Waals surface area contributed by atoms with Gasteiger partial charge >= 0.3 is 0 Å². The van der Waals surface area contributed by atoms with E-state index in [9.17, 15) is 0 Å². The Morgan fingerprint density at radius 2 is 1.11 bits per heavy atom. The van der Waals surface area contributed by atoms with E-state index in [-0.39, 0.29) is 0 Å². The summed E-state index contributed by atoms with van der Waals surface area (Å²) >= 11 is 0. The van der Waals surface area contributed by atoms with Crippen molar-refractivity contribution >= 4 is 0 Å². The van der Waals surface area contributed by atoms with Crippen molar-refractivity contribution in [1.29, 1.82) is 0 Å². The van der Waals surface area contributed by atoms with E-state index in [2.05, 4.69) is 13.8 Å². The highest BCUT2D eigenvalue weighted by atomic mass is 14.3. The van der Waals surface area contributed by atoms with Crippen molar-refractivity contribution in [1.82, 2.24) is 0 Å². The quantitative estimate of drug-likeness (QED) is 0.419. The molecule has 0 heteroatoms. The van der Waals surface area contributed by atoms with Crippen LogP contribution in [-0.4, -0.2) is 0 Å². The Bertz CT molecular complexity index is 333. The summed E-state index contributed by atoms with van der Waals surface area (Å²) in [6.07, 6.45) is 31.7. The second-order valence-corrected chi connectivity index (χ2v) is 10.4. The van der Waals surface area contributed by atoms with Crippen molar-refractivity contribution in [3.63, 3.8) is 0 Å². The molecule has 2 aliphatic rings. The lowest BCUT2D eigenvalue weighted by molar-refractivity contribution is 0.150. The van der Waals surface area contributed by atoms with E-state index in [0.717, 1.165) is 23.7 Å². The van der Waals surface area contributed by atoms with Gasteiger partial charge in [-0.3, -0.25) is 0 Å². The van der Waals surface area contributed by atoms with Gasteiger partial charge < -0.3 is 0 Å². The van der Waals surface area contributed by atoms with E-state index in [0.29, 0.717) is 0 Å². The third-order valence-electron chi connectivity index (χ3n) is 8.12. The number of hydrogen-bond acceptors (Lipinski definition) is 0. The van der Waals surface area contributed by atoms with E-state index in [1.165, 1.54) is 109 Å². The smallest absolute Gasteiger partial charge is 0.0360 e. The van der Waals surface area contributed by atoms with E-state index < -0.39 is 0 Å². The van der Waals surface area contributed by atoms with Gasteiger partial charge in [0.15, 0.2) is 0 Å². The summed E-state index contributed by atoms with van der Waals surface area (Å²) in [5, 5.41) is 0. The first kappa shape index (κ1) is 23.3. The zero-order valence-electron chi connectivity index (χ0n) is 19.2. The third kappa shape index (κ3) is 9.85. The molecule has 2 rings (SSSR count). The van der Waals surface area contributed by atoms with Gasteiger partial charge in [-0.15, -0.1) is 0 Å². The molecule has 2 saturated carbocycles. The fourth-order valence-electron chi connectivity index (χ4n) is 6.30. The highest BCUT2D eigenvalue weighted by molar-refractivity contribution is 4.79. The van der Waals surface area contributed by atoms with Crippen LogP contribution in [0.1, 0.15) is 149 Å². The summed E-state index contributed by atoms with van der Waals surface area (Å²) < 4.78 is 0. The van der Waals surface area contributed by atoms with Gasteiger partial charge in [0.1, 0.15) is 0 Å². The predicted molar refractivity (Wildman–Crippen MR) is 122 cm³/mol. The minimum Gasteiger partial charge on any atom is -0.0654 e. The highest BCUT2D eigenvalue weighted by Gasteiger charge is 2.28. The molecule has 2 fully saturated rings. The average Bonchev–Trinajstić information content (AvgIpc) is 2.68. The first-order valence-corrected chi connectivity index (χ1v) is 13.3. The number of unbranched alkanes of at least 4 members (excludes halogenated alkanes) is 2. The highest BCUT2D eigenvalue weighted by Crippen LogP contribution is 2.40. The van der Waals surface area contributed by atoms with Crippen molar-refractivity contribution in [2.75, 3.05) is 0 Å². The normalized spacial score (nSPS) is 33.1. The fraction of sp³-hybridized carbons (Fsp3) is 1.00. The Hall–Kier alpha value is 0. The van der Waals surface area contributed by atoms with Gasteiger partial charge in [0.25, 0.3) is 0 Å². The molecule has 2 aliphatic carbocycles. The summed E-state index contributed by atoms with van der Waals surface area (Å²) in [6, 6.07) is 0. The molecular weight excluding hydrogens is 324 g/mol. The van der Waals surface area contributed by atoms with Crippen LogP contribution in [0.3, 0.4) is 0 Å². The third-order valence-corrected chi connectivity index (χ3v) is 8.12. The first-order valence-electron chi connectivity index (χ1n) is 13.3. The monoisotopic (exact) mass is 376 g/mol. The lowest BCUT2D eigenvalue weighted by Crippen LogP contribution is -2.25. The Morgan fingerprint density at radius 3 is 1.81 bits per heavy atom. The van der Waals surface area contributed by atoms with Crippen LogP contribution in [0.5, 0.6) is 0 Å². The lowest BCUT2D eigenvalue weighted by Gasteiger charge is -2.36. The van der Waals surface area contributed by atoms with E-state index >= 15 is 0 Å². The molecule has 27 heavy (non-hydrogen) atoms. The molecule has 0 nitrogen and oxygen atoms in total. The van der Waals surface area contributed by atoms with Crippen LogP contribution in [0.15, 0.2) is 0 Å². The Labute approximate surface area is 172 Å². The molecule has 0 N–H and O–H groups in total. The maximum absolute atomic E-state index is 2.58. The molecule has 4 unspecified atom stereocenters. The molecule has 0 bridgehead atoms. The average molecular weight is 377 g/mol. The minimum atomic E-state index is 1.01. The van der Waals surface area contributed by atoms with Crippen molar-refractivity contribution < 1.29 is 0 Å². The van der Waals surface area contributed by atoms with Gasteiger partial charge in [-0.2, -0.15) is 0 Å². The van der Waals surface area contributed by atoms with Crippen LogP contribution in [0.25, 0.3) is 0 Å². The molecule has 0 aromatic rings. The van der Waals surface area contributed by atoms with Gasteiger partial charge in [0.2, 0.25) is 0 Å². The van der Waals surface area contributed by atoms with Crippen molar-refractivity contribution in [2.24, 2.45) is 23.7 Å². The van der Waals surface area contributed by atoms with Crippen LogP contribution < -0.4 is 0 Å². The predicted octanol–water partition coefficient (Wildman–Crippen LogP) is 9.71. The standard InChI is InChI=1S/C27H52/c1-3-4-11-18-25-19-12-9-7-5-6-8-10-13-21-26(22-16-20-25)27-23-15-14-17-24(27)2/h24-27H,3-23H2,1-2H3. The molecule has 0 saturated heterocycles. The molecule has 160 valence electrons. The largest absolute Gasteiger partial charge is 0.0654 e. The molecule has 0 aromatic carbocycles.